The number of aliphatic hydroxyl groups excluding tert-OH is 1. The minimum atomic E-state index is -4.81. The van der Waals surface area contributed by atoms with Crippen LogP contribution in [0, 0.1) is 46.3 Å². The molecular weight excluding hydrogens is 508 g/mol. The van der Waals surface area contributed by atoms with Crippen LogP contribution in [0.25, 0.3) is 0 Å². The van der Waals surface area contributed by atoms with Gasteiger partial charge in [0, 0.05) is 6.92 Å². The molecule has 3 saturated carbocycles. The highest BCUT2D eigenvalue weighted by molar-refractivity contribution is 7.80. The molecule has 38 heavy (non-hydrogen) atoms. The number of hydrogen-bond donors (Lipinski definition) is 2. The highest BCUT2D eigenvalue weighted by Crippen LogP contribution is 2.67. The molecule has 12 atom stereocenters. The van der Waals surface area contributed by atoms with Crippen LogP contribution in [0.3, 0.4) is 0 Å². The zero-order chi connectivity index (χ0) is 27.8. The van der Waals surface area contributed by atoms with Crippen molar-refractivity contribution in [3.63, 3.8) is 0 Å². The Labute approximate surface area is 227 Å². The summed E-state index contributed by atoms with van der Waals surface area (Å²) >= 11 is 0. The molecule has 216 valence electrons. The molecule has 4 aliphatic carbocycles. The van der Waals surface area contributed by atoms with Crippen LogP contribution in [0.15, 0.2) is 11.6 Å². The second-order valence-corrected chi connectivity index (χ2v) is 14.9. The van der Waals surface area contributed by atoms with Gasteiger partial charge in [-0.05, 0) is 91.3 Å². The van der Waals surface area contributed by atoms with E-state index in [4.69, 9.17) is 13.7 Å². The highest BCUT2D eigenvalue weighted by Gasteiger charge is 2.63. The molecule has 1 aliphatic heterocycles. The lowest BCUT2D eigenvalue weighted by Gasteiger charge is -2.59. The van der Waals surface area contributed by atoms with Crippen LogP contribution < -0.4 is 0 Å². The first kappa shape index (κ1) is 28.5. The van der Waals surface area contributed by atoms with Crippen molar-refractivity contribution in [1.29, 1.82) is 0 Å². The Balaban J connectivity index is 1.41. The van der Waals surface area contributed by atoms with Gasteiger partial charge in [-0.25, -0.2) is 4.18 Å². The quantitative estimate of drug-likeness (QED) is 0.201. The number of fused-ring (bicyclic) bond motifs is 5. The molecule has 0 radical (unpaired) electrons. The molecule has 0 bridgehead atoms. The van der Waals surface area contributed by atoms with Crippen molar-refractivity contribution in [3.8, 4) is 0 Å². The van der Waals surface area contributed by atoms with Crippen LogP contribution in [0.2, 0.25) is 0 Å². The molecule has 8 nitrogen and oxygen atoms in total. The van der Waals surface area contributed by atoms with Crippen LogP contribution in [-0.4, -0.2) is 54.6 Å². The van der Waals surface area contributed by atoms with Gasteiger partial charge in [0.15, 0.2) is 6.10 Å². The van der Waals surface area contributed by atoms with Crippen LogP contribution in [0.4, 0.5) is 0 Å². The van der Waals surface area contributed by atoms with Gasteiger partial charge >= 0.3 is 16.4 Å². The third-order valence-electron chi connectivity index (χ3n) is 11.2. The van der Waals surface area contributed by atoms with Gasteiger partial charge in [-0.2, -0.15) is 8.42 Å². The fourth-order valence-electron chi connectivity index (χ4n) is 9.60. The van der Waals surface area contributed by atoms with Crippen molar-refractivity contribution in [1.82, 2.24) is 0 Å². The SMILES string of the molecule is CC(=O)O[C@@H]1[C@@H](OS(=O)(=O)O)[C@@H]2CC=C3[C@@H]4CC[C@H]([C@H](C)[C@@H]5O[C@H]5CC(C)C)[C@@]4(C)CC[C@@H]3[C@@]2(C)C[C@H]1O. The van der Waals surface area contributed by atoms with Gasteiger partial charge in [0.25, 0.3) is 0 Å². The normalized spacial score (nSPS) is 47.0. The Morgan fingerprint density at radius 2 is 1.82 bits per heavy atom. The van der Waals surface area contributed by atoms with E-state index in [2.05, 4.69) is 40.7 Å². The van der Waals surface area contributed by atoms with Crippen LogP contribution in [-0.2, 0) is 28.9 Å². The van der Waals surface area contributed by atoms with Gasteiger partial charge in [-0.15, -0.1) is 0 Å². The minimum absolute atomic E-state index is 0.180. The maximum absolute atomic E-state index is 11.8. The van der Waals surface area contributed by atoms with Crippen LogP contribution >= 0.6 is 0 Å². The molecule has 2 N–H and O–H groups in total. The second kappa shape index (κ2) is 9.82. The smallest absolute Gasteiger partial charge is 0.397 e. The Morgan fingerprint density at radius 3 is 2.45 bits per heavy atom. The maximum Gasteiger partial charge on any atom is 0.397 e. The molecular formula is C29H46O8S. The van der Waals surface area contributed by atoms with E-state index in [1.54, 1.807) is 0 Å². The second-order valence-electron chi connectivity index (χ2n) is 13.8. The molecule has 9 heteroatoms. The van der Waals surface area contributed by atoms with E-state index >= 15 is 0 Å². The fourth-order valence-corrected chi connectivity index (χ4v) is 10.1. The van der Waals surface area contributed by atoms with Crippen molar-refractivity contribution in [2.75, 3.05) is 0 Å². The average molecular weight is 555 g/mol. The Morgan fingerprint density at radius 1 is 1.13 bits per heavy atom. The summed E-state index contributed by atoms with van der Waals surface area (Å²) in [6.45, 7) is 12.7. The summed E-state index contributed by atoms with van der Waals surface area (Å²) in [4.78, 5) is 11.8. The molecule has 0 spiro atoms. The molecule has 0 aromatic carbocycles. The van der Waals surface area contributed by atoms with E-state index < -0.39 is 40.1 Å². The van der Waals surface area contributed by atoms with E-state index in [1.165, 1.54) is 18.9 Å². The number of carbonyl (C=O) groups is 1. The van der Waals surface area contributed by atoms with Crippen molar-refractivity contribution in [2.45, 2.75) is 117 Å². The Hall–Kier alpha value is -1.00. The zero-order valence-corrected chi connectivity index (χ0v) is 24.4. The summed E-state index contributed by atoms with van der Waals surface area (Å²) in [5.41, 5.74) is 1.20. The van der Waals surface area contributed by atoms with E-state index in [0.29, 0.717) is 48.7 Å². The van der Waals surface area contributed by atoms with Crippen molar-refractivity contribution in [2.24, 2.45) is 46.3 Å². The van der Waals surface area contributed by atoms with Gasteiger partial charge in [-0.1, -0.05) is 46.3 Å². The molecule has 5 rings (SSSR count). The lowest BCUT2D eigenvalue weighted by molar-refractivity contribution is -0.193. The molecule has 0 unspecified atom stereocenters. The summed E-state index contributed by atoms with van der Waals surface area (Å²) in [5.74, 6) is 1.46. The number of allylic oxidation sites excluding steroid dienone is 2. The summed E-state index contributed by atoms with van der Waals surface area (Å²) in [5, 5.41) is 11.1. The molecule has 0 amide bonds. The van der Waals surface area contributed by atoms with E-state index in [-0.39, 0.29) is 17.3 Å². The summed E-state index contributed by atoms with van der Waals surface area (Å²) in [6, 6.07) is 0. The van der Waals surface area contributed by atoms with E-state index in [1.807, 2.05) is 0 Å². The number of hydrogen-bond acceptors (Lipinski definition) is 7. The number of rotatable bonds is 7. The van der Waals surface area contributed by atoms with Gasteiger partial charge in [0.2, 0.25) is 0 Å². The Kier molecular flexibility index (Phi) is 7.37. The van der Waals surface area contributed by atoms with Crippen molar-refractivity contribution >= 4 is 16.4 Å². The van der Waals surface area contributed by atoms with Crippen molar-refractivity contribution in [3.05, 3.63) is 11.6 Å². The molecule has 5 aliphatic rings. The number of ether oxygens (including phenoxy) is 2. The van der Waals surface area contributed by atoms with E-state index in [9.17, 15) is 22.9 Å². The monoisotopic (exact) mass is 554 g/mol. The van der Waals surface area contributed by atoms with Crippen LogP contribution in [0.1, 0.15) is 86.5 Å². The lowest BCUT2D eigenvalue weighted by atomic mass is 9.47. The van der Waals surface area contributed by atoms with Gasteiger partial charge in [-0.3, -0.25) is 9.35 Å². The van der Waals surface area contributed by atoms with Crippen LogP contribution in [0.5, 0.6) is 0 Å². The van der Waals surface area contributed by atoms with E-state index in [0.717, 1.165) is 25.7 Å². The summed E-state index contributed by atoms with van der Waals surface area (Å²) < 4.78 is 49.9. The standard InChI is InChI=1S/C29H46O8S/c1-15(2)13-24-25(36-24)16(3)19-9-10-20-18-7-8-22-26(37-38(32,33)34)27(35-17(4)30)23(31)14-29(22,6)21(18)11-12-28(19,20)5/h7,15-16,19-27,31H,8-14H2,1-6H3,(H,32,33,34)/t16-,19+,20-,21-,22-,23+,24-,25-,26-,27-,28+,29+/m0/s1. The highest BCUT2D eigenvalue weighted by atomic mass is 32.3. The molecule has 1 heterocycles. The van der Waals surface area contributed by atoms with Gasteiger partial charge in [0.05, 0.1) is 18.3 Å². The number of esters is 1. The Bertz CT molecular complexity index is 1070. The first-order valence-corrected chi connectivity index (χ1v) is 15.9. The maximum atomic E-state index is 11.8. The lowest BCUT2D eigenvalue weighted by Crippen LogP contribution is -2.61. The number of carbonyl (C=O) groups excluding carboxylic acids is 1. The average Bonchev–Trinajstić information content (AvgIpc) is 3.44. The van der Waals surface area contributed by atoms with Gasteiger partial charge < -0.3 is 14.6 Å². The predicted molar refractivity (Wildman–Crippen MR) is 141 cm³/mol. The largest absolute Gasteiger partial charge is 0.457 e. The molecule has 0 aromatic heterocycles. The molecule has 4 fully saturated rings. The zero-order valence-electron chi connectivity index (χ0n) is 23.6. The van der Waals surface area contributed by atoms with Gasteiger partial charge in [0.1, 0.15) is 6.10 Å². The number of aliphatic hydroxyl groups is 1. The minimum Gasteiger partial charge on any atom is -0.457 e. The first-order chi connectivity index (χ1) is 17.7. The molecule has 0 aromatic rings. The summed E-state index contributed by atoms with van der Waals surface area (Å²) in [6.07, 6.45) is 6.09. The van der Waals surface area contributed by atoms with Crippen molar-refractivity contribution < 1.29 is 36.5 Å². The predicted octanol–water partition coefficient (Wildman–Crippen LogP) is 4.72. The summed E-state index contributed by atoms with van der Waals surface area (Å²) in [7, 11) is -4.81. The third-order valence-corrected chi connectivity index (χ3v) is 11.7. The number of epoxide rings is 1. The topological polar surface area (TPSA) is 123 Å². The fraction of sp³-hybridized carbons (Fsp3) is 0.897. The molecule has 1 saturated heterocycles. The first-order valence-electron chi connectivity index (χ1n) is 14.5. The third kappa shape index (κ3) is 4.89.